The smallest absolute Gasteiger partial charge is 0.245 e. The van der Waals surface area contributed by atoms with Gasteiger partial charge in [0.25, 0.3) is 0 Å². The van der Waals surface area contributed by atoms with Crippen LogP contribution in [0.5, 0.6) is 0 Å². The lowest BCUT2D eigenvalue weighted by Crippen LogP contribution is -2.59. The van der Waals surface area contributed by atoms with Crippen LogP contribution < -0.4 is 0 Å². The van der Waals surface area contributed by atoms with Crippen LogP contribution in [0.2, 0.25) is 0 Å². The standard InChI is InChI=1S/C29H35NO5S/c1-3-34-29-19-18-28(35-21-25-12-8-5-9-13-25)27(22-33-20-24-10-6-4-7-11-24)30(29)36(31,32)26-16-14-23(2)15-17-26/h4-17,27-29H,3,18-22H2,1-2H3/t27-,28+,29-/m1/s1. The summed E-state index contributed by atoms with van der Waals surface area (Å²) in [5, 5.41) is 0. The van der Waals surface area contributed by atoms with Gasteiger partial charge in [-0.2, -0.15) is 4.31 Å². The first-order valence-corrected chi connectivity index (χ1v) is 13.9. The van der Waals surface area contributed by atoms with Crippen LogP contribution in [-0.2, 0) is 37.4 Å². The van der Waals surface area contributed by atoms with Crippen LogP contribution >= 0.6 is 0 Å². The van der Waals surface area contributed by atoms with Crippen molar-refractivity contribution in [1.29, 1.82) is 0 Å². The van der Waals surface area contributed by atoms with Crippen LogP contribution in [-0.4, -0.2) is 44.3 Å². The second-order valence-corrected chi connectivity index (χ2v) is 10.9. The third-order valence-corrected chi connectivity index (χ3v) is 8.33. The molecular formula is C29H35NO5S. The van der Waals surface area contributed by atoms with Crippen molar-refractivity contribution >= 4 is 10.0 Å². The van der Waals surface area contributed by atoms with Crippen molar-refractivity contribution in [3.63, 3.8) is 0 Å². The minimum atomic E-state index is -3.86. The summed E-state index contributed by atoms with van der Waals surface area (Å²) in [6.45, 7) is 5.23. The highest BCUT2D eigenvalue weighted by Crippen LogP contribution is 2.33. The van der Waals surface area contributed by atoms with Gasteiger partial charge in [0.2, 0.25) is 10.0 Å². The van der Waals surface area contributed by atoms with Gasteiger partial charge in [-0.05, 0) is 49.9 Å². The van der Waals surface area contributed by atoms with Crippen molar-refractivity contribution in [2.75, 3.05) is 13.2 Å². The Hall–Kier alpha value is -2.55. The number of aryl methyl sites for hydroxylation is 1. The third kappa shape index (κ3) is 6.60. The summed E-state index contributed by atoms with van der Waals surface area (Å²) >= 11 is 0. The van der Waals surface area contributed by atoms with E-state index in [1.54, 1.807) is 12.1 Å². The zero-order chi connectivity index (χ0) is 25.4. The van der Waals surface area contributed by atoms with Gasteiger partial charge < -0.3 is 14.2 Å². The van der Waals surface area contributed by atoms with Crippen molar-refractivity contribution in [2.24, 2.45) is 0 Å². The molecule has 1 heterocycles. The Labute approximate surface area is 214 Å². The van der Waals surface area contributed by atoms with E-state index in [1.807, 2.05) is 86.6 Å². The molecule has 3 aromatic carbocycles. The molecule has 1 fully saturated rings. The fourth-order valence-corrected chi connectivity index (χ4v) is 6.29. The number of piperidine rings is 1. The van der Waals surface area contributed by atoms with Crippen LogP contribution in [0, 0.1) is 6.92 Å². The molecular weight excluding hydrogens is 474 g/mol. The minimum Gasteiger partial charge on any atom is -0.375 e. The van der Waals surface area contributed by atoms with Crippen molar-refractivity contribution < 1.29 is 22.6 Å². The normalized spacial score (nSPS) is 20.9. The van der Waals surface area contributed by atoms with Crippen molar-refractivity contribution in [2.45, 2.75) is 63.2 Å². The summed E-state index contributed by atoms with van der Waals surface area (Å²) in [5.74, 6) is 0. The Morgan fingerprint density at radius 2 is 1.42 bits per heavy atom. The monoisotopic (exact) mass is 509 g/mol. The molecule has 0 saturated carbocycles. The molecule has 0 N–H and O–H groups in total. The number of ether oxygens (including phenoxy) is 3. The number of hydrogen-bond acceptors (Lipinski definition) is 5. The Bertz CT molecular complexity index is 1170. The van der Waals surface area contributed by atoms with Gasteiger partial charge in [-0.3, -0.25) is 0 Å². The molecule has 0 aromatic heterocycles. The van der Waals surface area contributed by atoms with Crippen LogP contribution in [0.25, 0.3) is 0 Å². The second-order valence-electron chi connectivity index (χ2n) is 9.04. The summed E-state index contributed by atoms with van der Waals surface area (Å²) in [4.78, 5) is 0.245. The van der Waals surface area contributed by atoms with Crippen LogP contribution in [0.3, 0.4) is 0 Å². The van der Waals surface area contributed by atoms with Gasteiger partial charge >= 0.3 is 0 Å². The molecule has 3 atom stereocenters. The average molecular weight is 510 g/mol. The number of rotatable bonds is 11. The van der Waals surface area contributed by atoms with Gasteiger partial charge in [-0.15, -0.1) is 0 Å². The molecule has 0 bridgehead atoms. The molecule has 192 valence electrons. The Balaban J connectivity index is 1.62. The Kier molecular flexibility index (Phi) is 9.29. The number of benzene rings is 3. The zero-order valence-corrected chi connectivity index (χ0v) is 21.8. The van der Waals surface area contributed by atoms with E-state index in [4.69, 9.17) is 14.2 Å². The molecule has 36 heavy (non-hydrogen) atoms. The fraction of sp³-hybridized carbons (Fsp3) is 0.379. The number of sulfonamides is 1. The SMILES string of the molecule is CCO[C@@H]1CC[C@H](OCc2ccccc2)[C@@H](COCc2ccccc2)N1S(=O)(=O)c1ccc(C)cc1. The van der Waals surface area contributed by atoms with Gasteiger partial charge in [0.15, 0.2) is 0 Å². The topological polar surface area (TPSA) is 65.1 Å². The first kappa shape index (κ1) is 26.5. The maximum atomic E-state index is 14.0. The van der Waals surface area contributed by atoms with Gasteiger partial charge in [-0.1, -0.05) is 78.4 Å². The quantitative estimate of drug-likeness (QED) is 0.350. The molecule has 1 saturated heterocycles. The molecule has 0 unspecified atom stereocenters. The Morgan fingerprint density at radius 1 is 0.806 bits per heavy atom. The predicted molar refractivity (Wildman–Crippen MR) is 140 cm³/mol. The van der Waals surface area contributed by atoms with Crippen LogP contribution in [0.1, 0.15) is 36.5 Å². The molecule has 7 heteroatoms. The first-order valence-electron chi connectivity index (χ1n) is 12.5. The molecule has 1 aliphatic heterocycles. The molecule has 6 nitrogen and oxygen atoms in total. The molecule has 0 aliphatic carbocycles. The summed E-state index contributed by atoms with van der Waals surface area (Å²) < 4.78 is 47.9. The predicted octanol–water partition coefficient (Wildman–Crippen LogP) is 5.31. The van der Waals surface area contributed by atoms with Gasteiger partial charge in [0.05, 0.1) is 36.9 Å². The van der Waals surface area contributed by atoms with Gasteiger partial charge in [0.1, 0.15) is 6.23 Å². The fourth-order valence-electron chi connectivity index (χ4n) is 4.54. The largest absolute Gasteiger partial charge is 0.375 e. The molecule has 0 radical (unpaired) electrons. The molecule has 4 rings (SSSR count). The van der Waals surface area contributed by atoms with E-state index in [1.165, 1.54) is 4.31 Å². The van der Waals surface area contributed by atoms with Gasteiger partial charge in [-0.25, -0.2) is 8.42 Å². The third-order valence-electron chi connectivity index (χ3n) is 6.40. The van der Waals surface area contributed by atoms with E-state index in [9.17, 15) is 8.42 Å². The van der Waals surface area contributed by atoms with Crippen molar-refractivity contribution in [3.05, 3.63) is 102 Å². The molecule has 3 aromatic rings. The minimum absolute atomic E-state index is 0.197. The van der Waals surface area contributed by atoms with Crippen molar-refractivity contribution in [3.8, 4) is 0 Å². The van der Waals surface area contributed by atoms with E-state index < -0.39 is 22.3 Å². The van der Waals surface area contributed by atoms with Crippen molar-refractivity contribution in [1.82, 2.24) is 4.31 Å². The lowest BCUT2D eigenvalue weighted by atomic mass is 10.00. The Morgan fingerprint density at radius 3 is 2.03 bits per heavy atom. The average Bonchev–Trinajstić information content (AvgIpc) is 2.89. The summed E-state index contributed by atoms with van der Waals surface area (Å²) in [7, 11) is -3.86. The van der Waals surface area contributed by atoms with Gasteiger partial charge in [0, 0.05) is 6.61 Å². The maximum Gasteiger partial charge on any atom is 0.245 e. The second kappa shape index (κ2) is 12.6. The highest BCUT2D eigenvalue weighted by molar-refractivity contribution is 7.89. The summed E-state index contributed by atoms with van der Waals surface area (Å²) in [5.41, 5.74) is 3.08. The molecule has 0 spiro atoms. The highest BCUT2D eigenvalue weighted by atomic mass is 32.2. The van der Waals surface area contributed by atoms with E-state index in [0.29, 0.717) is 32.7 Å². The van der Waals surface area contributed by atoms with E-state index >= 15 is 0 Å². The molecule has 1 aliphatic rings. The first-order chi connectivity index (χ1) is 17.5. The number of hydrogen-bond donors (Lipinski definition) is 0. The maximum absolute atomic E-state index is 14.0. The van der Waals surface area contributed by atoms with Crippen LogP contribution in [0.15, 0.2) is 89.8 Å². The zero-order valence-electron chi connectivity index (χ0n) is 21.0. The van der Waals surface area contributed by atoms with Crippen LogP contribution in [0.4, 0.5) is 0 Å². The lowest BCUT2D eigenvalue weighted by Gasteiger charge is -2.44. The van der Waals surface area contributed by atoms with E-state index in [0.717, 1.165) is 16.7 Å². The summed E-state index contributed by atoms with van der Waals surface area (Å²) in [6, 6.07) is 26.2. The highest BCUT2D eigenvalue weighted by Gasteiger charge is 2.45. The number of nitrogens with zero attached hydrogens (tertiary/aromatic N) is 1. The summed E-state index contributed by atoms with van der Waals surface area (Å²) in [6.07, 6.45) is 0.311. The van der Waals surface area contributed by atoms with E-state index in [-0.39, 0.29) is 17.6 Å². The lowest BCUT2D eigenvalue weighted by molar-refractivity contribution is -0.129. The molecule has 0 amide bonds. The van der Waals surface area contributed by atoms with E-state index in [2.05, 4.69) is 0 Å².